The van der Waals surface area contributed by atoms with Gasteiger partial charge in [0.25, 0.3) is 0 Å². The van der Waals surface area contributed by atoms with E-state index in [1.54, 1.807) is 14.0 Å². The number of likely N-dealkylation sites (N-methyl/N-ethyl adjacent to an activating group) is 1. The second-order valence-electron chi connectivity index (χ2n) is 3.87. The molecule has 17 heavy (non-hydrogen) atoms. The second kappa shape index (κ2) is 4.82. The van der Waals surface area contributed by atoms with Gasteiger partial charge in [-0.3, -0.25) is 4.79 Å². The molecule has 0 aliphatic rings. The number of para-hydroxylation sites is 1. The molecule has 2 N–H and O–H groups in total. The highest BCUT2D eigenvalue weighted by atomic mass is 16.2. The number of carbonyl (C=O) groups is 1. The Hall–Kier alpha value is -2.10. The van der Waals surface area contributed by atoms with E-state index in [0.29, 0.717) is 5.82 Å². The number of pyridine rings is 1. The van der Waals surface area contributed by atoms with Gasteiger partial charge in [0, 0.05) is 12.4 Å². The van der Waals surface area contributed by atoms with Crippen LogP contribution in [-0.2, 0) is 4.79 Å². The van der Waals surface area contributed by atoms with Crippen LogP contribution in [0.2, 0.25) is 0 Å². The van der Waals surface area contributed by atoms with Crippen molar-refractivity contribution in [3.8, 4) is 0 Å². The fourth-order valence-electron chi connectivity index (χ4n) is 1.65. The summed E-state index contributed by atoms with van der Waals surface area (Å²) in [7, 11) is 1.62. The minimum atomic E-state index is -0.298. The monoisotopic (exact) mass is 229 g/mol. The van der Waals surface area contributed by atoms with Gasteiger partial charge < -0.3 is 10.6 Å². The molecule has 0 saturated heterocycles. The first-order valence-electron chi connectivity index (χ1n) is 5.54. The summed E-state index contributed by atoms with van der Waals surface area (Å²) < 4.78 is 0. The predicted octanol–water partition coefficient (Wildman–Crippen LogP) is 1.78. The van der Waals surface area contributed by atoms with Crippen LogP contribution in [-0.4, -0.2) is 24.0 Å². The molecule has 0 fully saturated rings. The predicted molar refractivity (Wildman–Crippen MR) is 68.9 cm³/mol. The molecule has 1 aromatic carbocycles. The van der Waals surface area contributed by atoms with Crippen LogP contribution in [0.4, 0.5) is 5.82 Å². The maximum Gasteiger partial charge on any atom is 0.241 e. The number of nitrogens with zero attached hydrogens (tertiary/aromatic N) is 1. The third kappa shape index (κ3) is 2.53. The van der Waals surface area contributed by atoms with Crippen LogP contribution in [0.1, 0.15) is 6.92 Å². The Morgan fingerprint density at radius 1 is 1.24 bits per heavy atom. The zero-order valence-electron chi connectivity index (χ0n) is 9.90. The molecule has 4 heteroatoms. The summed E-state index contributed by atoms with van der Waals surface area (Å²) in [6.45, 7) is 1.80. The topological polar surface area (TPSA) is 54.0 Å². The van der Waals surface area contributed by atoms with Crippen LogP contribution in [0.15, 0.2) is 36.4 Å². The summed E-state index contributed by atoms with van der Waals surface area (Å²) in [5, 5.41) is 6.74. The van der Waals surface area contributed by atoms with E-state index in [-0.39, 0.29) is 11.9 Å². The summed E-state index contributed by atoms with van der Waals surface area (Å²) in [5.41, 5.74) is 0.918. The van der Waals surface area contributed by atoms with Crippen molar-refractivity contribution in [3.63, 3.8) is 0 Å². The Morgan fingerprint density at radius 2 is 2.00 bits per heavy atom. The van der Waals surface area contributed by atoms with E-state index in [0.717, 1.165) is 10.9 Å². The van der Waals surface area contributed by atoms with Gasteiger partial charge in [-0.15, -0.1) is 0 Å². The first-order chi connectivity index (χ1) is 8.20. The van der Waals surface area contributed by atoms with Crippen LogP contribution in [0.5, 0.6) is 0 Å². The lowest BCUT2D eigenvalue weighted by Crippen LogP contribution is -2.35. The van der Waals surface area contributed by atoms with Gasteiger partial charge >= 0.3 is 0 Å². The molecule has 0 radical (unpaired) electrons. The highest BCUT2D eigenvalue weighted by molar-refractivity contribution is 5.84. The van der Waals surface area contributed by atoms with Gasteiger partial charge in [-0.2, -0.15) is 0 Å². The lowest BCUT2D eigenvalue weighted by Gasteiger charge is -2.13. The molecule has 0 bridgehead atoms. The standard InChI is InChI=1S/C13H15N3O/c1-9(13(17)14-2)15-12-8-7-10-5-3-4-6-11(10)16-12/h3-9H,1-2H3,(H,14,17)(H,15,16). The number of amides is 1. The fraction of sp³-hybridized carbons (Fsp3) is 0.231. The molecule has 2 aromatic rings. The van der Waals surface area contributed by atoms with E-state index >= 15 is 0 Å². The first kappa shape index (κ1) is 11.4. The minimum Gasteiger partial charge on any atom is -0.359 e. The molecule has 1 atom stereocenters. The lowest BCUT2D eigenvalue weighted by atomic mass is 10.2. The van der Waals surface area contributed by atoms with Crippen molar-refractivity contribution >= 4 is 22.6 Å². The summed E-state index contributed by atoms with van der Waals surface area (Å²) in [6.07, 6.45) is 0. The molecule has 1 aromatic heterocycles. The number of aromatic nitrogens is 1. The SMILES string of the molecule is CNC(=O)C(C)Nc1ccc2ccccc2n1. The Labute approximate surface area is 100 Å². The zero-order chi connectivity index (χ0) is 12.3. The van der Waals surface area contributed by atoms with Gasteiger partial charge in [-0.25, -0.2) is 4.98 Å². The maximum atomic E-state index is 11.4. The number of fused-ring (bicyclic) bond motifs is 1. The van der Waals surface area contributed by atoms with Crippen LogP contribution in [0.3, 0.4) is 0 Å². The van der Waals surface area contributed by atoms with Crippen molar-refractivity contribution in [1.82, 2.24) is 10.3 Å². The molecular weight excluding hydrogens is 214 g/mol. The van der Waals surface area contributed by atoms with E-state index in [9.17, 15) is 4.79 Å². The van der Waals surface area contributed by atoms with Crippen molar-refractivity contribution in [2.24, 2.45) is 0 Å². The smallest absolute Gasteiger partial charge is 0.241 e. The van der Waals surface area contributed by atoms with Crippen LogP contribution in [0.25, 0.3) is 10.9 Å². The van der Waals surface area contributed by atoms with Crippen molar-refractivity contribution in [2.75, 3.05) is 12.4 Å². The Morgan fingerprint density at radius 3 is 2.76 bits per heavy atom. The summed E-state index contributed by atoms with van der Waals surface area (Å²) in [4.78, 5) is 15.8. The Bertz CT molecular complexity index is 539. The largest absolute Gasteiger partial charge is 0.359 e. The molecular formula is C13H15N3O. The number of carbonyl (C=O) groups excluding carboxylic acids is 1. The molecule has 0 aliphatic heterocycles. The van der Waals surface area contributed by atoms with Gasteiger partial charge in [-0.05, 0) is 25.1 Å². The van der Waals surface area contributed by atoms with Crippen molar-refractivity contribution in [1.29, 1.82) is 0 Å². The number of benzene rings is 1. The lowest BCUT2D eigenvalue weighted by molar-refractivity contribution is -0.121. The third-order valence-electron chi connectivity index (χ3n) is 2.60. The second-order valence-corrected chi connectivity index (χ2v) is 3.87. The molecule has 0 saturated carbocycles. The number of anilines is 1. The molecule has 1 heterocycles. The molecule has 0 aliphatic carbocycles. The average Bonchev–Trinajstić information content (AvgIpc) is 2.37. The molecule has 1 amide bonds. The van der Waals surface area contributed by atoms with Gasteiger partial charge in [0.2, 0.25) is 5.91 Å². The van der Waals surface area contributed by atoms with Crippen LogP contribution < -0.4 is 10.6 Å². The molecule has 1 unspecified atom stereocenters. The van der Waals surface area contributed by atoms with Gasteiger partial charge in [0.05, 0.1) is 5.52 Å². The van der Waals surface area contributed by atoms with Gasteiger partial charge in [-0.1, -0.05) is 18.2 Å². The summed E-state index contributed by atoms with van der Waals surface area (Å²) in [5.74, 6) is 0.653. The molecule has 0 spiro atoms. The van der Waals surface area contributed by atoms with Crippen molar-refractivity contribution < 1.29 is 4.79 Å². The van der Waals surface area contributed by atoms with Crippen LogP contribution >= 0.6 is 0 Å². The van der Waals surface area contributed by atoms with E-state index in [2.05, 4.69) is 15.6 Å². The van der Waals surface area contributed by atoms with Crippen LogP contribution in [0, 0.1) is 0 Å². The summed E-state index contributed by atoms with van der Waals surface area (Å²) >= 11 is 0. The number of nitrogens with one attached hydrogen (secondary N) is 2. The highest BCUT2D eigenvalue weighted by Crippen LogP contribution is 2.14. The average molecular weight is 229 g/mol. The third-order valence-corrected chi connectivity index (χ3v) is 2.60. The highest BCUT2D eigenvalue weighted by Gasteiger charge is 2.10. The van der Waals surface area contributed by atoms with Crippen molar-refractivity contribution in [2.45, 2.75) is 13.0 Å². The van der Waals surface area contributed by atoms with E-state index in [4.69, 9.17) is 0 Å². The molecule has 4 nitrogen and oxygen atoms in total. The molecule has 88 valence electrons. The van der Waals surface area contributed by atoms with Gasteiger partial charge in [0.15, 0.2) is 0 Å². The Balaban J connectivity index is 2.22. The fourth-order valence-corrected chi connectivity index (χ4v) is 1.65. The quantitative estimate of drug-likeness (QED) is 0.843. The summed E-state index contributed by atoms with van der Waals surface area (Å²) in [6, 6.07) is 11.4. The number of hydrogen-bond acceptors (Lipinski definition) is 3. The number of hydrogen-bond donors (Lipinski definition) is 2. The minimum absolute atomic E-state index is 0.0556. The van der Waals surface area contributed by atoms with Crippen molar-refractivity contribution in [3.05, 3.63) is 36.4 Å². The van der Waals surface area contributed by atoms with E-state index < -0.39 is 0 Å². The maximum absolute atomic E-state index is 11.4. The molecule has 2 rings (SSSR count). The van der Waals surface area contributed by atoms with E-state index in [1.807, 2.05) is 36.4 Å². The zero-order valence-corrected chi connectivity index (χ0v) is 9.90. The normalized spacial score (nSPS) is 12.1. The van der Waals surface area contributed by atoms with E-state index in [1.165, 1.54) is 0 Å². The Kier molecular flexibility index (Phi) is 3.23. The number of rotatable bonds is 3. The first-order valence-corrected chi connectivity index (χ1v) is 5.54. The van der Waals surface area contributed by atoms with Gasteiger partial charge in [0.1, 0.15) is 11.9 Å².